The van der Waals surface area contributed by atoms with Crippen molar-refractivity contribution >= 4 is 11.9 Å². The Labute approximate surface area is 204 Å². The maximum Gasteiger partial charge on any atom is 0.306 e. The van der Waals surface area contributed by atoms with Gasteiger partial charge in [0, 0.05) is 13.3 Å². The number of carbonyl (C=O) groups is 2. The van der Waals surface area contributed by atoms with E-state index in [2.05, 4.69) is 0 Å². The highest BCUT2D eigenvalue weighted by Crippen LogP contribution is 2.39. The number of ether oxygens (including phenoxy) is 5. The molecule has 0 radical (unpaired) electrons. The van der Waals surface area contributed by atoms with E-state index in [1.807, 2.05) is 0 Å². The molecule has 3 rings (SSSR count). The van der Waals surface area contributed by atoms with Gasteiger partial charge in [-0.1, -0.05) is 6.07 Å². The Balaban J connectivity index is 1.72. The first kappa shape index (κ1) is 26.0. The number of methoxy groups -OCH3 is 3. The molecule has 0 spiro atoms. The monoisotopic (exact) mass is 488 g/mol. The fourth-order valence-corrected chi connectivity index (χ4v) is 4.40. The molecule has 1 aliphatic rings. The van der Waals surface area contributed by atoms with Crippen LogP contribution in [0, 0.1) is 0 Å². The molecule has 3 unspecified atom stereocenters. The van der Waals surface area contributed by atoms with E-state index in [9.17, 15) is 19.8 Å². The molecule has 0 saturated carbocycles. The van der Waals surface area contributed by atoms with Crippen molar-refractivity contribution in [3.63, 3.8) is 0 Å². The molecule has 2 N–H and O–H groups in total. The molecule has 0 amide bonds. The van der Waals surface area contributed by atoms with Gasteiger partial charge >= 0.3 is 11.9 Å². The second-order valence-electron chi connectivity index (χ2n) is 8.53. The lowest BCUT2D eigenvalue weighted by Crippen LogP contribution is -2.33. The molecule has 1 heterocycles. The number of phenolic OH excluding ortho intramolecular Hbond substituents is 2. The van der Waals surface area contributed by atoms with Crippen LogP contribution in [-0.2, 0) is 25.5 Å². The van der Waals surface area contributed by atoms with E-state index in [1.165, 1.54) is 28.3 Å². The minimum Gasteiger partial charge on any atom is -0.504 e. The highest BCUT2D eigenvalue weighted by Gasteiger charge is 2.32. The molecule has 0 bridgehead atoms. The second kappa shape index (κ2) is 11.7. The van der Waals surface area contributed by atoms with Gasteiger partial charge in [-0.05, 0) is 60.6 Å². The third-order valence-electron chi connectivity index (χ3n) is 6.09. The third-order valence-corrected chi connectivity index (χ3v) is 6.09. The highest BCUT2D eigenvalue weighted by atomic mass is 16.6. The SMILES string of the molecule is COc1cc(C2CC(=O)OC(CC(CCc3cc(OC)c(O)c(OC)c3)OC(C)=O)C2)ccc1O. The topological polar surface area (TPSA) is 121 Å². The van der Waals surface area contributed by atoms with E-state index in [-0.39, 0.29) is 41.3 Å². The highest BCUT2D eigenvalue weighted by molar-refractivity contribution is 5.72. The number of benzene rings is 2. The fraction of sp³-hybridized carbons (Fsp3) is 0.462. The molecule has 1 aliphatic heterocycles. The molecule has 2 aromatic carbocycles. The summed E-state index contributed by atoms with van der Waals surface area (Å²) in [6, 6.07) is 8.46. The summed E-state index contributed by atoms with van der Waals surface area (Å²) in [5.41, 5.74) is 1.71. The summed E-state index contributed by atoms with van der Waals surface area (Å²) >= 11 is 0. The standard InChI is InChI=1S/C26H32O9/c1-15(27)34-19(7-5-16-9-23(32-3)26(30)24(10-16)33-4)14-20-11-18(13-25(29)35-20)17-6-8-21(28)22(12-17)31-2/h6,8-10,12,18-20,28,30H,5,7,11,13-14H2,1-4H3. The van der Waals surface area contributed by atoms with E-state index in [0.717, 1.165) is 11.1 Å². The number of esters is 2. The van der Waals surface area contributed by atoms with Gasteiger partial charge in [0.1, 0.15) is 12.2 Å². The van der Waals surface area contributed by atoms with Crippen LogP contribution in [0.25, 0.3) is 0 Å². The van der Waals surface area contributed by atoms with E-state index >= 15 is 0 Å². The van der Waals surface area contributed by atoms with Gasteiger partial charge in [-0.25, -0.2) is 0 Å². The van der Waals surface area contributed by atoms with E-state index in [1.54, 1.807) is 30.3 Å². The summed E-state index contributed by atoms with van der Waals surface area (Å²) in [7, 11) is 4.38. The summed E-state index contributed by atoms with van der Waals surface area (Å²) in [6.07, 6.45) is 1.20. The lowest BCUT2D eigenvalue weighted by atomic mass is 9.86. The van der Waals surface area contributed by atoms with Crippen molar-refractivity contribution in [3.05, 3.63) is 41.5 Å². The zero-order chi connectivity index (χ0) is 25.5. The van der Waals surface area contributed by atoms with Crippen molar-refractivity contribution in [2.24, 2.45) is 0 Å². The van der Waals surface area contributed by atoms with Crippen LogP contribution in [0.3, 0.4) is 0 Å². The molecule has 0 aromatic heterocycles. The van der Waals surface area contributed by atoms with E-state index in [4.69, 9.17) is 23.7 Å². The Morgan fingerprint density at radius 3 is 2.31 bits per heavy atom. The van der Waals surface area contributed by atoms with Crippen molar-refractivity contribution in [1.29, 1.82) is 0 Å². The molecular formula is C26H32O9. The largest absolute Gasteiger partial charge is 0.504 e. The Bertz CT molecular complexity index is 1020. The molecule has 190 valence electrons. The average molecular weight is 489 g/mol. The van der Waals surface area contributed by atoms with Crippen molar-refractivity contribution in [2.75, 3.05) is 21.3 Å². The second-order valence-corrected chi connectivity index (χ2v) is 8.53. The molecule has 3 atom stereocenters. The van der Waals surface area contributed by atoms with Gasteiger partial charge in [-0.15, -0.1) is 0 Å². The van der Waals surface area contributed by atoms with E-state index < -0.39 is 18.2 Å². The molecule has 0 aliphatic carbocycles. The van der Waals surface area contributed by atoms with Crippen LogP contribution in [0.15, 0.2) is 30.3 Å². The minimum absolute atomic E-state index is 0.0311. The van der Waals surface area contributed by atoms with Crippen LogP contribution in [0.2, 0.25) is 0 Å². The first-order chi connectivity index (χ1) is 16.7. The number of aromatic hydroxyl groups is 2. The Kier molecular flexibility index (Phi) is 8.68. The van der Waals surface area contributed by atoms with Crippen molar-refractivity contribution < 1.29 is 43.5 Å². The molecule has 9 nitrogen and oxygen atoms in total. The van der Waals surface area contributed by atoms with Gasteiger partial charge in [-0.3, -0.25) is 9.59 Å². The summed E-state index contributed by atoms with van der Waals surface area (Å²) in [5, 5.41) is 20.0. The molecule has 2 aromatic rings. The van der Waals surface area contributed by atoms with Gasteiger partial charge < -0.3 is 33.9 Å². The van der Waals surface area contributed by atoms with Gasteiger partial charge in [0.2, 0.25) is 5.75 Å². The zero-order valence-electron chi connectivity index (χ0n) is 20.4. The minimum atomic E-state index is -0.482. The number of aryl methyl sites for hydroxylation is 1. The van der Waals surface area contributed by atoms with Crippen molar-refractivity contribution in [3.8, 4) is 28.7 Å². The van der Waals surface area contributed by atoms with Gasteiger partial charge in [0.05, 0.1) is 27.8 Å². The van der Waals surface area contributed by atoms with Crippen LogP contribution < -0.4 is 14.2 Å². The maximum atomic E-state index is 12.4. The number of carbonyl (C=O) groups excluding carboxylic acids is 2. The van der Waals surface area contributed by atoms with E-state index in [0.29, 0.717) is 31.4 Å². The van der Waals surface area contributed by atoms with Gasteiger partial charge in [0.25, 0.3) is 0 Å². The van der Waals surface area contributed by atoms with Gasteiger partial charge in [0.15, 0.2) is 23.0 Å². The Morgan fingerprint density at radius 2 is 1.71 bits per heavy atom. The first-order valence-electron chi connectivity index (χ1n) is 11.4. The molecular weight excluding hydrogens is 456 g/mol. The summed E-state index contributed by atoms with van der Waals surface area (Å²) in [4.78, 5) is 24.1. The maximum absolute atomic E-state index is 12.4. The normalized spacial score (nSPS) is 18.3. The number of phenols is 2. The van der Waals surface area contributed by atoms with Crippen LogP contribution >= 0.6 is 0 Å². The van der Waals surface area contributed by atoms with Crippen LogP contribution in [0.1, 0.15) is 49.7 Å². The zero-order valence-corrected chi connectivity index (χ0v) is 20.4. The summed E-state index contributed by atoms with van der Waals surface area (Å²) in [6.45, 7) is 1.35. The Hall–Kier alpha value is -3.62. The Morgan fingerprint density at radius 1 is 1.06 bits per heavy atom. The predicted octanol–water partition coefficient (Wildman–Crippen LogP) is 3.87. The summed E-state index contributed by atoms with van der Waals surface area (Å²) < 4.78 is 26.8. The number of cyclic esters (lactones) is 1. The van der Waals surface area contributed by atoms with Crippen molar-refractivity contribution in [2.45, 2.75) is 57.2 Å². The fourth-order valence-electron chi connectivity index (χ4n) is 4.40. The molecule has 1 fully saturated rings. The van der Waals surface area contributed by atoms with Crippen molar-refractivity contribution in [1.82, 2.24) is 0 Å². The van der Waals surface area contributed by atoms with Crippen LogP contribution in [-0.4, -0.2) is 55.7 Å². The quantitative estimate of drug-likeness (QED) is 0.480. The third kappa shape index (κ3) is 6.71. The first-order valence-corrected chi connectivity index (χ1v) is 11.4. The molecule has 9 heteroatoms. The number of hydrogen-bond donors (Lipinski definition) is 2. The predicted molar refractivity (Wildman–Crippen MR) is 126 cm³/mol. The van der Waals surface area contributed by atoms with Gasteiger partial charge in [-0.2, -0.15) is 0 Å². The smallest absolute Gasteiger partial charge is 0.306 e. The molecule has 1 saturated heterocycles. The van der Waals surface area contributed by atoms with Crippen LogP contribution in [0.4, 0.5) is 0 Å². The number of hydrogen-bond acceptors (Lipinski definition) is 9. The molecule has 35 heavy (non-hydrogen) atoms. The number of rotatable bonds is 10. The lowest BCUT2D eigenvalue weighted by molar-refractivity contribution is -0.159. The lowest BCUT2D eigenvalue weighted by Gasteiger charge is -2.31. The van der Waals surface area contributed by atoms with Crippen LogP contribution in [0.5, 0.6) is 28.7 Å². The average Bonchev–Trinajstić information content (AvgIpc) is 2.82. The summed E-state index contributed by atoms with van der Waals surface area (Å²) in [5.74, 6) is 0.0130.